The third kappa shape index (κ3) is 1.55. The van der Waals surface area contributed by atoms with E-state index in [1.54, 1.807) is 0 Å². The predicted molar refractivity (Wildman–Crippen MR) is 41.0 cm³/mol. The van der Waals surface area contributed by atoms with Crippen LogP contribution in [0, 0.1) is 0 Å². The Morgan fingerprint density at radius 1 is 1.58 bits per heavy atom. The van der Waals surface area contributed by atoms with E-state index in [9.17, 15) is 9.59 Å². The summed E-state index contributed by atoms with van der Waals surface area (Å²) in [5, 5.41) is 9.17. The van der Waals surface area contributed by atoms with Crippen LogP contribution in [0.5, 0.6) is 0 Å². The van der Waals surface area contributed by atoms with Crippen LogP contribution in [0.25, 0.3) is 0 Å². The highest BCUT2D eigenvalue weighted by molar-refractivity contribution is 5.86. The van der Waals surface area contributed by atoms with Crippen molar-refractivity contribution in [2.45, 2.75) is 25.5 Å². The van der Waals surface area contributed by atoms with Gasteiger partial charge in [-0.1, -0.05) is 0 Å². The van der Waals surface area contributed by atoms with Gasteiger partial charge in [-0.25, -0.2) is 0 Å². The van der Waals surface area contributed by atoms with Crippen molar-refractivity contribution in [2.24, 2.45) is 5.73 Å². The van der Waals surface area contributed by atoms with Crippen LogP contribution in [0.4, 0.5) is 0 Å². The molecule has 1 heterocycles. The minimum Gasteiger partial charge on any atom is -0.391 e. The lowest BCUT2D eigenvalue weighted by molar-refractivity contribution is -0.135. The Morgan fingerprint density at radius 2 is 2.17 bits per heavy atom. The Bertz CT molecular complexity index is 195. The van der Waals surface area contributed by atoms with Crippen molar-refractivity contribution in [2.75, 3.05) is 6.54 Å². The zero-order valence-electron chi connectivity index (χ0n) is 6.86. The first-order valence-electron chi connectivity index (χ1n) is 3.77. The van der Waals surface area contributed by atoms with E-state index in [0.717, 1.165) is 0 Å². The number of nitrogens with two attached hydrogens (primary N) is 1. The monoisotopic (exact) mass is 172 g/mol. The number of hydrogen-bond acceptors (Lipinski definition) is 3. The molecular formula is C7H12N2O3. The van der Waals surface area contributed by atoms with E-state index in [0.29, 0.717) is 0 Å². The highest BCUT2D eigenvalue weighted by Crippen LogP contribution is 2.17. The van der Waals surface area contributed by atoms with Gasteiger partial charge in [-0.3, -0.25) is 9.59 Å². The molecule has 3 N–H and O–H groups in total. The second-order valence-electron chi connectivity index (χ2n) is 2.98. The van der Waals surface area contributed by atoms with Gasteiger partial charge in [0.25, 0.3) is 0 Å². The van der Waals surface area contributed by atoms with Crippen LogP contribution in [0.15, 0.2) is 0 Å². The fourth-order valence-corrected chi connectivity index (χ4v) is 1.43. The molecule has 2 atom stereocenters. The topological polar surface area (TPSA) is 83.6 Å². The summed E-state index contributed by atoms with van der Waals surface area (Å²) in [6.07, 6.45) is -0.360. The lowest BCUT2D eigenvalue weighted by Gasteiger charge is -2.19. The average Bonchev–Trinajstić information content (AvgIpc) is 2.31. The number of rotatable bonds is 1. The summed E-state index contributed by atoms with van der Waals surface area (Å²) in [4.78, 5) is 23.0. The van der Waals surface area contributed by atoms with Crippen LogP contribution in [0.1, 0.15) is 13.3 Å². The SMILES string of the molecule is CC(=O)N1C[C@H](O)CC1C(N)=O. The standard InChI is InChI=1S/C7H12N2O3/c1-4(10)9-3-5(11)2-6(9)7(8)12/h5-6,11H,2-3H2,1H3,(H2,8,12)/t5-,6?/m1/s1. The Balaban J connectivity index is 2.72. The molecule has 5 heteroatoms. The van der Waals surface area contributed by atoms with E-state index < -0.39 is 18.1 Å². The Morgan fingerprint density at radius 3 is 2.50 bits per heavy atom. The molecule has 68 valence electrons. The summed E-state index contributed by atoms with van der Waals surface area (Å²) in [6, 6.07) is -0.627. The number of aliphatic hydroxyl groups excluding tert-OH is 1. The average molecular weight is 172 g/mol. The molecule has 0 spiro atoms. The first-order valence-corrected chi connectivity index (χ1v) is 3.77. The fourth-order valence-electron chi connectivity index (χ4n) is 1.43. The molecule has 0 aromatic heterocycles. The van der Waals surface area contributed by atoms with Gasteiger partial charge in [-0.05, 0) is 0 Å². The van der Waals surface area contributed by atoms with E-state index in [2.05, 4.69) is 0 Å². The van der Waals surface area contributed by atoms with Gasteiger partial charge >= 0.3 is 0 Å². The lowest BCUT2D eigenvalue weighted by atomic mass is 10.2. The molecule has 0 aliphatic carbocycles. The van der Waals surface area contributed by atoms with Crippen molar-refractivity contribution in [1.82, 2.24) is 4.90 Å². The fraction of sp³-hybridized carbons (Fsp3) is 0.714. The van der Waals surface area contributed by atoms with E-state index in [-0.39, 0.29) is 18.9 Å². The van der Waals surface area contributed by atoms with Gasteiger partial charge in [-0.2, -0.15) is 0 Å². The summed E-state index contributed by atoms with van der Waals surface area (Å²) in [7, 11) is 0. The maximum Gasteiger partial charge on any atom is 0.240 e. The predicted octanol–water partition coefficient (Wildman–Crippen LogP) is -1.55. The van der Waals surface area contributed by atoms with Gasteiger partial charge in [0.2, 0.25) is 11.8 Å². The number of aliphatic hydroxyl groups is 1. The number of carbonyl (C=O) groups is 2. The van der Waals surface area contributed by atoms with Crippen molar-refractivity contribution in [3.05, 3.63) is 0 Å². The van der Waals surface area contributed by atoms with Gasteiger partial charge < -0.3 is 15.7 Å². The summed E-state index contributed by atoms with van der Waals surface area (Å²) in [5.74, 6) is -0.780. The Labute approximate surface area is 70.1 Å². The molecule has 1 aliphatic heterocycles. The molecule has 1 rings (SSSR count). The van der Waals surface area contributed by atoms with Gasteiger partial charge in [0.05, 0.1) is 6.10 Å². The molecule has 12 heavy (non-hydrogen) atoms. The molecule has 0 saturated carbocycles. The molecular weight excluding hydrogens is 160 g/mol. The number of amides is 2. The summed E-state index contributed by atoms with van der Waals surface area (Å²) in [6.45, 7) is 1.57. The molecule has 1 saturated heterocycles. The molecule has 0 aromatic rings. The van der Waals surface area contributed by atoms with Crippen molar-refractivity contribution in [3.63, 3.8) is 0 Å². The van der Waals surface area contributed by atoms with Crippen LogP contribution >= 0.6 is 0 Å². The third-order valence-electron chi connectivity index (χ3n) is 2.01. The number of hydrogen-bond donors (Lipinski definition) is 2. The quantitative estimate of drug-likeness (QED) is 0.502. The number of primary amides is 1. The molecule has 1 unspecified atom stereocenters. The molecule has 0 aromatic carbocycles. The van der Waals surface area contributed by atoms with Crippen LogP contribution < -0.4 is 5.73 Å². The van der Waals surface area contributed by atoms with Crippen LogP contribution in [-0.4, -0.2) is 40.5 Å². The number of nitrogens with zero attached hydrogens (tertiary/aromatic N) is 1. The number of β-amino-alcohol motifs (C(OH)–C–C–N with tert-alkyl or cyclic N) is 1. The molecule has 1 fully saturated rings. The first-order chi connectivity index (χ1) is 5.52. The molecule has 2 amide bonds. The maximum atomic E-state index is 10.9. The maximum absolute atomic E-state index is 10.9. The van der Waals surface area contributed by atoms with Gasteiger partial charge in [0, 0.05) is 19.9 Å². The molecule has 0 bridgehead atoms. The lowest BCUT2D eigenvalue weighted by Crippen LogP contribution is -2.42. The number of likely N-dealkylation sites (tertiary alicyclic amines) is 1. The summed E-state index contributed by atoms with van der Waals surface area (Å²) >= 11 is 0. The highest BCUT2D eigenvalue weighted by atomic mass is 16.3. The third-order valence-corrected chi connectivity index (χ3v) is 2.01. The Kier molecular flexibility index (Phi) is 2.32. The van der Waals surface area contributed by atoms with Crippen molar-refractivity contribution in [1.29, 1.82) is 0 Å². The zero-order valence-corrected chi connectivity index (χ0v) is 6.86. The van der Waals surface area contributed by atoms with E-state index >= 15 is 0 Å². The van der Waals surface area contributed by atoms with Crippen LogP contribution in [0.3, 0.4) is 0 Å². The molecule has 0 radical (unpaired) electrons. The van der Waals surface area contributed by atoms with Gasteiger partial charge in [0.15, 0.2) is 0 Å². The zero-order chi connectivity index (χ0) is 9.30. The van der Waals surface area contributed by atoms with E-state index in [4.69, 9.17) is 10.8 Å². The first kappa shape index (κ1) is 8.99. The van der Waals surface area contributed by atoms with E-state index in [1.165, 1.54) is 11.8 Å². The number of carbonyl (C=O) groups excluding carboxylic acids is 2. The molecule has 5 nitrogen and oxygen atoms in total. The Hall–Kier alpha value is -1.10. The second kappa shape index (κ2) is 3.10. The van der Waals surface area contributed by atoms with Crippen molar-refractivity contribution in [3.8, 4) is 0 Å². The largest absolute Gasteiger partial charge is 0.391 e. The smallest absolute Gasteiger partial charge is 0.240 e. The normalized spacial score (nSPS) is 29.0. The second-order valence-corrected chi connectivity index (χ2v) is 2.98. The van der Waals surface area contributed by atoms with Gasteiger partial charge in [0.1, 0.15) is 6.04 Å². The van der Waals surface area contributed by atoms with Crippen molar-refractivity contribution < 1.29 is 14.7 Å². The minimum atomic E-state index is -0.627. The van der Waals surface area contributed by atoms with Crippen LogP contribution in [0.2, 0.25) is 0 Å². The van der Waals surface area contributed by atoms with Crippen molar-refractivity contribution >= 4 is 11.8 Å². The summed E-state index contributed by atoms with van der Waals surface area (Å²) < 4.78 is 0. The molecule has 1 aliphatic rings. The highest BCUT2D eigenvalue weighted by Gasteiger charge is 2.35. The summed E-state index contributed by atoms with van der Waals surface area (Å²) in [5.41, 5.74) is 5.04. The minimum absolute atomic E-state index is 0.211. The van der Waals surface area contributed by atoms with Gasteiger partial charge in [-0.15, -0.1) is 0 Å². The van der Waals surface area contributed by atoms with E-state index in [1.807, 2.05) is 0 Å². The van der Waals surface area contributed by atoms with Crippen LogP contribution in [-0.2, 0) is 9.59 Å².